The van der Waals surface area contributed by atoms with Crippen LogP contribution in [0.1, 0.15) is 11.7 Å². The van der Waals surface area contributed by atoms with Gasteiger partial charge in [-0.25, -0.2) is 0 Å². The predicted octanol–water partition coefficient (Wildman–Crippen LogP) is 2.58. The summed E-state index contributed by atoms with van der Waals surface area (Å²) in [7, 11) is 0. The second-order valence-electron chi connectivity index (χ2n) is 3.03. The molecule has 0 bridgehead atoms. The minimum absolute atomic E-state index is 0.284. The van der Waals surface area contributed by atoms with Crippen LogP contribution in [0.2, 0.25) is 0 Å². The van der Waals surface area contributed by atoms with E-state index in [0.29, 0.717) is 17.5 Å². The van der Waals surface area contributed by atoms with Gasteiger partial charge in [0.05, 0.1) is 12.3 Å². The monoisotopic (exact) mass is 299 g/mol. The van der Waals surface area contributed by atoms with Crippen LogP contribution in [-0.2, 0) is 12.3 Å². The maximum absolute atomic E-state index is 5.38. The van der Waals surface area contributed by atoms with Gasteiger partial charge >= 0.3 is 0 Å². The largest absolute Gasteiger partial charge is 0.338 e. The summed E-state index contributed by atoms with van der Waals surface area (Å²) in [6, 6.07) is 8.02. The van der Waals surface area contributed by atoms with Crippen molar-refractivity contribution in [3.05, 3.63) is 40.5 Å². The van der Waals surface area contributed by atoms with Gasteiger partial charge < -0.3 is 10.3 Å². The average Bonchev–Trinajstić information content (AvgIpc) is 2.76. The molecule has 1 aromatic carbocycles. The van der Waals surface area contributed by atoms with Gasteiger partial charge in [0.1, 0.15) is 0 Å². The second-order valence-corrected chi connectivity index (χ2v) is 4.90. The summed E-state index contributed by atoms with van der Waals surface area (Å²) in [5, 5.41) is 3.83. The predicted molar refractivity (Wildman–Crippen MR) is 65.9 cm³/mol. The van der Waals surface area contributed by atoms with Gasteiger partial charge in [-0.3, -0.25) is 0 Å². The van der Waals surface area contributed by atoms with E-state index in [1.54, 1.807) is 11.8 Å². The highest BCUT2D eigenvalue weighted by Gasteiger charge is 2.06. The van der Waals surface area contributed by atoms with E-state index >= 15 is 0 Å². The Hall–Kier alpha value is -0.850. The van der Waals surface area contributed by atoms with E-state index in [-0.39, 0.29) is 6.54 Å². The number of rotatable bonds is 4. The number of aromatic nitrogens is 2. The molecule has 0 unspecified atom stereocenters. The number of nitrogens with two attached hydrogens (primary N) is 1. The second kappa shape index (κ2) is 5.47. The van der Waals surface area contributed by atoms with Crippen LogP contribution in [0.25, 0.3) is 0 Å². The Balaban J connectivity index is 1.99. The lowest BCUT2D eigenvalue weighted by molar-refractivity contribution is 0.376. The number of hydrogen-bond donors (Lipinski definition) is 1. The van der Waals surface area contributed by atoms with E-state index in [2.05, 4.69) is 26.1 Å². The van der Waals surface area contributed by atoms with Crippen LogP contribution in [-0.4, -0.2) is 10.1 Å². The van der Waals surface area contributed by atoms with Gasteiger partial charge in [0.2, 0.25) is 5.89 Å². The third kappa shape index (κ3) is 2.84. The Bertz CT molecular complexity index is 475. The Morgan fingerprint density at radius 1 is 1.38 bits per heavy atom. The third-order valence-corrected chi connectivity index (χ3v) is 3.90. The summed E-state index contributed by atoms with van der Waals surface area (Å²) in [5.74, 6) is 1.82. The van der Waals surface area contributed by atoms with Gasteiger partial charge in [-0.2, -0.15) is 4.98 Å². The van der Waals surface area contributed by atoms with Gasteiger partial charge in [-0.05, 0) is 28.1 Å². The molecule has 1 aromatic heterocycles. The van der Waals surface area contributed by atoms with Crippen LogP contribution in [0.3, 0.4) is 0 Å². The molecule has 2 N–H and O–H groups in total. The zero-order valence-electron chi connectivity index (χ0n) is 8.39. The average molecular weight is 300 g/mol. The lowest BCUT2D eigenvalue weighted by Crippen LogP contribution is -1.96. The molecule has 0 radical (unpaired) electrons. The molecular weight excluding hydrogens is 290 g/mol. The number of benzene rings is 1. The minimum Gasteiger partial charge on any atom is -0.338 e. The highest BCUT2D eigenvalue weighted by Crippen LogP contribution is 2.28. The number of nitrogens with zero attached hydrogens (tertiary/aromatic N) is 2. The van der Waals surface area contributed by atoms with Crippen molar-refractivity contribution in [3.63, 3.8) is 0 Å². The molecule has 2 rings (SSSR count). The molecule has 0 spiro atoms. The van der Waals surface area contributed by atoms with Gasteiger partial charge in [0.15, 0.2) is 5.82 Å². The van der Waals surface area contributed by atoms with E-state index in [1.165, 1.54) is 0 Å². The van der Waals surface area contributed by atoms with Crippen LogP contribution >= 0.6 is 27.7 Å². The van der Waals surface area contributed by atoms with E-state index in [1.807, 2.05) is 24.3 Å². The standard InChI is InChI=1S/C10H10BrN3OS/c11-7-3-1-2-4-8(7)16-6-9-13-10(5-12)15-14-9/h1-4H,5-6,12H2. The first-order chi connectivity index (χ1) is 7.79. The molecule has 0 aliphatic heterocycles. The Kier molecular flexibility index (Phi) is 3.98. The van der Waals surface area contributed by atoms with Crippen LogP contribution in [0, 0.1) is 0 Å². The lowest BCUT2D eigenvalue weighted by Gasteiger charge is -2.00. The fourth-order valence-corrected chi connectivity index (χ4v) is 2.55. The summed E-state index contributed by atoms with van der Waals surface area (Å²) in [5.41, 5.74) is 5.38. The Morgan fingerprint density at radius 2 is 2.19 bits per heavy atom. The summed E-state index contributed by atoms with van der Waals surface area (Å²) in [6.07, 6.45) is 0. The number of hydrogen-bond acceptors (Lipinski definition) is 5. The molecule has 0 aliphatic rings. The SMILES string of the molecule is NCc1nc(CSc2ccccc2Br)no1. The number of halogens is 1. The first-order valence-corrected chi connectivity index (χ1v) is 6.46. The maximum atomic E-state index is 5.38. The van der Waals surface area contributed by atoms with E-state index < -0.39 is 0 Å². The van der Waals surface area contributed by atoms with Crippen molar-refractivity contribution in [2.75, 3.05) is 0 Å². The van der Waals surface area contributed by atoms with Gasteiger partial charge in [0, 0.05) is 9.37 Å². The molecule has 0 saturated carbocycles. The first-order valence-electron chi connectivity index (χ1n) is 4.68. The topological polar surface area (TPSA) is 64.9 Å². The van der Waals surface area contributed by atoms with E-state index in [0.717, 1.165) is 9.37 Å². The molecule has 0 amide bonds. The highest BCUT2D eigenvalue weighted by molar-refractivity contribution is 9.10. The van der Waals surface area contributed by atoms with Crippen molar-refractivity contribution >= 4 is 27.7 Å². The maximum Gasteiger partial charge on any atom is 0.240 e. The fraction of sp³-hybridized carbons (Fsp3) is 0.200. The first kappa shape index (κ1) is 11.6. The molecule has 1 heterocycles. The zero-order chi connectivity index (χ0) is 11.4. The van der Waals surface area contributed by atoms with E-state index in [9.17, 15) is 0 Å². The minimum atomic E-state index is 0.284. The summed E-state index contributed by atoms with van der Waals surface area (Å²) in [6.45, 7) is 0.284. The highest BCUT2D eigenvalue weighted by atomic mass is 79.9. The summed E-state index contributed by atoms with van der Waals surface area (Å²) in [4.78, 5) is 5.29. The smallest absolute Gasteiger partial charge is 0.240 e. The van der Waals surface area contributed by atoms with Gasteiger partial charge in [0.25, 0.3) is 0 Å². The van der Waals surface area contributed by atoms with Crippen molar-refractivity contribution in [1.29, 1.82) is 0 Å². The van der Waals surface area contributed by atoms with Gasteiger partial charge in [-0.1, -0.05) is 17.3 Å². The zero-order valence-corrected chi connectivity index (χ0v) is 10.8. The molecule has 16 heavy (non-hydrogen) atoms. The quantitative estimate of drug-likeness (QED) is 0.879. The molecule has 0 saturated heterocycles. The van der Waals surface area contributed by atoms with E-state index in [4.69, 9.17) is 10.3 Å². The summed E-state index contributed by atoms with van der Waals surface area (Å²) < 4.78 is 5.99. The lowest BCUT2D eigenvalue weighted by atomic mass is 10.4. The van der Waals surface area contributed by atoms with Gasteiger partial charge in [-0.15, -0.1) is 11.8 Å². The number of thioether (sulfide) groups is 1. The van der Waals surface area contributed by atoms with Crippen LogP contribution in [0.15, 0.2) is 38.2 Å². The molecular formula is C10H10BrN3OS. The van der Waals surface area contributed by atoms with Crippen molar-refractivity contribution in [2.45, 2.75) is 17.2 Å². The third-order valence-electron chi connectivity index (χ3n) is 1.88. The summed E-state index contributed by atoms with van der Waals surface area (Å²) >= 11 is 5.13. The molecule has 0 fully saturated rings. The van der Waals surface area contributed by atoms with Crippen LogP contribution in [0.5, 0.6) is 0 Å². The Labute approximate surface area is 106 Å². The Morgan fingerprint density at radius 3 is 2.88 bits per heavy atom. The fourth-order valence-electron chi connectivity index (χ4n) is 1.14. The van der Waals surface area contributed by atoms with Crippen molar-refractivity contribution in [2.24, 2.45) is 5.73 Å². The van der Waals surface area contributed by atoms with Crippen molar-refractivity contribution in [1.82, 2.24) is 10.1 Å². The molecule has 4 nitrogen and oxygen atoms in total. The van der Waals surface area contributed by atoms with Crippen molar-refractivity contribution < 1.29 is 4.52 Å². The normalized spacial score (nSPS) is 10.6. The molecule has 0 aliphatic carbocycles. The molecule has 6 heteroatoms. The van der Waals surface area contributed by atoms with Crippen LogP contribution < -0.4 is 5.73 Å². The molecule has 0 atom stereocenters. The van der Waals surface area contributed by atoms with Crippen LogP contribution in [0.4, 0.5) is 0 Å². The van der Waals surface area contributed by atoms with Crippen molar-refractivity contribution in [3.8, 4) is 0 Å². The molecule has 84 valence electrons. The molecule has 2 aromatic rings.